The predicted octanol–water partition coefficient (Wildman–Crippen LogP) is 2.83. The molecule has 2 aromatic carbocycles. The first-order valence-corrected chi connectivity index (χ1v) is 11.0. The van der Waals surface area contributed by atoms with Crippen LogP contribution < -0.4 is 10.4 Å². The molecule has 6 nitrogen and oxygen atoms in total. The second kappa shape index (κ2) is 7.12. The smallest absolute Gasteiger partial charge is 0.277 e. The molecular formula is C25H20F3N3O3. The maximum atomic E-state index is 15.0. The molecule has 0 fully saturated rings. The van der Waals surface area contributed by atoms with E-state index in [1.807, 2.05) is 24.3 Å². The Morgan fingerprint density at radius 3 is 2.62 bits per heavy atom. The highest BCUT2D eigenvalue weighted by Gasteiger charge is 2.59. The van der Waals surface area contributed by atoms with Crippen LogP contribution in [0.4, 0.5) is 13.2 Å². The summed E-state index contributed by atoms with van der Waals surface area (Å²) in [7, 11) is 0. The fourth-order valence-electron chi connectivity index (χ4n) is 6.09. The van der Waals surface area contributed by atoms with Crippen LogP contribution in [0.15, 0.2) is 53.5 Å². The van der Waals surface area contributed by atoms with Crippen molar-refractivity contribution >= 4 is 5.91 Å². The zero-order valence-corrected chi connectivity index (χ0v) is 18.0. The number of benzene rings is 2. The van der Waals surface area contributed by atoms with Gasteiger partial charge in [-0.2, -0.15) is 0 Å². The molecule has 2 unspecified atom stereocenters. The zero-order chi connectivity index (χ0) is 23.8. The summed E-state index contributed by atoms with van der Waals surface area (Å²) in [5.41, 5.74) is 0.682. The average molecular weight is 467 g/mol. The van der Waals surface area contributed by atoms with Crippen LogP contribution >= 0.6 is 0 Å². The van der Waals surface area contributed by atoms with Gasteiger partial charge in [0, 0.05) is 18.2 Å². The standard InChI is InChI=1S/C25H20F3N3O3/c26-8-10-29-13-31(30-9-7-20(32)23(33)22(30)24(29)34)25-15(11-14-3-1-2-4-17(14)25)12-16-18(25)5-6-19(27)21(16)28/h1-7,9,15,33H,8,10-13H2. The van der Waals surface area contributed by atoms with Crippen LogP contribution in [0, 0.1) is 17.6 Å². The van der Waals surface area contributed by atoms with E-state index in [1.165, 1.54) is 15.8 Å². The third kappa shape index (κ3) is 2.47. The average Bonchev–Trinajstić information content (AvgIpc) is 3.32. The number of aromatic hydroxyl groups is 1. The lowest BCUT2D eigenvalue weighted by Gasteiger charge is -2.50. The summed E-state index contributed by atoms with van der Waals surface area (Å²) >= 11 is 0. The van der Waals surface area contributed by atoms with Gasteiger partial charge < -0.3 is 10.0 Å². The van der Waals surface area contributed by atoms with E-state index in [-0.39, 0.29) is 36.8 Å². The van der Waals surface area contributed by atoms with Crippen molar-refractivity contribution in [2.24, 2.45) is 5.92 Å². The van der Waals surface area contributed by atoms with E-state index in [0.717, 1.165) is 23.3 Å². The molecule has 6 rings (SSSR count). The summed E-state index contributed by atoms with van der Waals surface area (Å²) in [4.78, 5) is 26.6. The normalized spacial score (nSPS) is 22.4. The van der Waals surface area contributed by atoms with Crippen LogP contribution in [0.2, 0.25) is 0 Å². The van der Waals surface area contributed by atoms with Gasteiger partial charge >= 0.3 is 0 Å². The largest absolute Gasteiger partial charge is 0.502 e. The molecule has 0 bridgehead atoms. The number of rotatable bonds is 3. The molecule has 1 amide bonds. The second-order valence-electron chi connectivity index (χ2n) is 8.94. The Kier molecular flexibility index (Phi) is 4.36. The number of nitrogens with zero attached hydrogens (tertiary/aromatic N) is 3. The summed E-state index contributed by atoms with van der Waals surface area (Å²) < 4.78 is 44.0. The number of carbonyl (C=O) groups excluding carboxylic acids is 1. The first-order valence-electron chi connectivity index (χ1n) is 11.0. The van der Waals surface area contributed by atoms with Gasteiger partial charge in [-0.05, 0) is 41.2 Å². The van der Waals surface area contributed by atoms with Crippen LogP contribution in [0.25, 0.3) is 0 Å². The summed E-state index contributed by atoms with van der Waals surface area (Å²) in [6.45, 7) is -1.13. The minimum atomic E-state index is -1.02. The minimum absolute atomic E-state index is 0.0681. The van der Waals surface area contributed by atoms with Gasteiger partial charge in [0.2, 0.25) is 5.43 Å². The first-order chi connectivity index (χ1) is 16.4. The van der Waals surface area contributed by atoms with Crippen molar-refractivity contribution in [2.75, 3.05) is 24.9 Å². The van der Waals surface area contributed by atoms with Gasteiger partial charge in [0.1, 0.15) is 18.9 Å². The van der Waals surface area contributed by atoms with Gasteiger partial charge in [-0.15, -0.1) is 0 Å². The summed E-state index contributed by atoms with van der Waals surface area (Å²) in [6, 6.07) is 11.5. The number of hydrogen-bond acceptors (Lipinski definition) is 4. The molecule has 2 heterocycles. The number of halogens is 3. The molecule has 9 heteroatoms. The third-order valence-electron chi connectivity index (χ3n) is 7.41. The van der Waals surface area contributed by atoms with Crippen molar-refractivity contribution in [1.82, 2.24) is 9.58 Å². The van der Waals surface area contributed by atoms with E-state index in [2.05, 4.69) is 0 Å². The molecule has 0 saturated heterocycles. The van der Waals surface area contributed by atoms with Gasteiger partial charge in [-0.1, -0.05) is 30.3 Å². The lowest BCUT2D eigenvalue weighted by molar-refractivity contribution is 0.0634. The maximum absolute atomic E-state index is 15.0. The summed E-state index contributed by atoms with van der Waals surface area (Å²) in [6.07, 6.45) is 2.25. The number of carbonyl (C=O) groups is 1. The Balaban J connectivity index is 1.69. The van der Waals surface area contributed by atoms with Crippen molar-refractivity contribution in [3.8, 4) is 5.75 Å². The van der Waals surface area contributed by atoms with Crippen LogP contribution in [-0.4, -0.2) is 40.5 Å². The van der Waals surface area contributed by atoms with Crippen LogP contribution in [0.1, 0.15) is 32.7 Å². The van der Waals surface area contributed by atoms with Crippen molar-refractivity contribution in [1.29, 1.82) is 0 Å². The molecule has 174 valence electrons. The highest BCUT2D eigenvalue weighted by atomic mass is 19.2. The van der Waals surface area contributed by atoms with Gasteiger partial charge in [0.05, 0.1) is 6.54 Å². The van der Waals surface area contributed by atoms with Gasteiger partial charge in [-0.3, -0.25) is 19.3 Å². The van der Waals surface area contributed by atoms with E-state index >= 15 is 0 Å². The number of alkyl halides is 1. The summed E-state index contributed by atoms with van der Waals surface area (Å²) in [5.74, 6) is -3.46. The van der Waals surface area contributed by atoms with Crippen molar-refractivity contribution in [2.45, 2.75) is 18.4 Å². The second-order valence-corrected chi connectivity index (χ2v) is 8.94. The van der Waals surface area contributed by atoms with Gasteiger partial charge in [-0.25, -0.2) is 13.2 Å². The van der Waals surface area contributed by atoms with Crippen molar-refractivity contribution in [3.63, 3.8) is 0 Å². The van der Waals surface area contributed by atoms with E-state index in [1.54, 1.807) is 11.1 Å². The molecule has 0 spiro atoms. The molecule has 3 aromatic rings. The van der Waals surface area contributed by atoms with Crippen molar-refractivity contribution < 1.29 is 23.1 Å². The predicted molar refractivity (Wildman–Crippen MR) is 117 cm³/mol. The Morgan fingerprint density at radius 2 is 1.82 bits per heavy atom. The molecule has 3 aliphatic rings. The Labute approximate surface area is 192 Å². The Hall–Kier alpha value is -3.75. The molecule has 1 N–H and O–H groups in total. The van der Waals surface area contributed by atoms with Crippen LogP contribution in [0.3, 0.4) is 0 Å². The van der Waals surface area contributed by atoms with Gasteiger partial charge in [0.15, 0.2) is 23.1 Å². The number of fused-ring (bicyclic) bond motifs is 6. The highest BCUT2D eigenvalue weighted by molar-refractivity contribution is 5.96. The topological polar surface area (TPSA) is 65.8 Å². The highest BCUT2D eigenvalue weighted by Crippen LogP contribution is 2.57. The maximum Gasteiger partial charge on any atom is 0.277 e. The van der Waals surface area contributed by atoms with E-state index < -0.39 is 40.9 Å². The SMILES string of the molecule is O=C1c2c(O)c(=O)ccn2N(C23c4ccccc4CC2Cc2c3ccc(F)c2F)CN1CCF. The fraction of sp³-hybridized carbons (Fsp3) is 0.280. The number of pyridine rings is 1. The minimum Gasteiger partial charge on any atom is -0.502 e. The molecule has 0 radical (unpaired) electrons. The monoisotopic (exact) mass is 467 g/mol. The molecule has 2 aliphatic carbocycles. The molecular weight excluding hydrogens is 447 g/mol. The molecule has 0 saturated carbocycles. The lowest BCUT2D eigenvalue weighted by atomic mass is 9.81. The zero-order valence-electron chi connectivity index (χ0n) is 18.0. The number of aromatic nitrogens is 1. The van der Waals surface area contributed by atoms with E-state index in [4.69, 9.17) is 0 Å². The number of amides is 1. The van der Waals surface area contributed by atoms with E-state index in [0.29, 0.717) is 12.0 Å². The lowest BCUT2D eigenvalue weighted by Crippen LogP contribution is -2.63. The summed E-state index contributed by atoms with van der Waals surface area (Å²) in [5, 5.41) is 12.3. The Morgan fingerprint density at radius 1 is 1.03 bits per heavy atom. The molecule has 34 heavy (non-hydrogen) atoms. The quantitative estimate of drug-likeness (QED) is 0.644. The first kappa shape index (κ1) is 20.8. The fourth-order valence-corrected chi connectivity index (χ4v) is 6.09. The van der Waals surface area contributed by atoms with Crippen LogP contribution in [0.5, 0.6) is 5.75 Å². The number of hydrogen-bond donors (Lipinski definition) is 1. The van der Waals surface area contributed by atoms with Crippen LogP contribution in [-0.2, 0) is 18.4 Å². The molecule has 2 atom stereocenters. The molecule has 1 aromatic heterocycles. The van der Waals surface area contributed by atoms with Gasteiger partial charge in [0.25, 0.3) is 5.91 Å². The van der Waals surface area contributed by atoms with E-state index in [9.17, 15) is 27.9 Å². The third-order valence-corrected chi connectivity index (χ3v) is 7.41. The Bertz CT molecular complexity index is 1420. The van der Waals surface area contributed by atoms with Crippen molar-refractivity contribution in [3.05, 3.63) is 98.5 Å². The molecule has 1 aliphatic heterocycles.